The van der Waals surface area contributed by atoms with Crippen molar-refractivity contribution in [1.82, 2.24) is 0 Å². The quantitative estimate of drug-likeness (QED) is 0.812. The summed E-state index contributed by atoms with van der Waals surface area (Å²) in [5.74, 6) is 1.05. The number of halogens is 1. The third kappa shape index (κ3) is 4.39. The summed E-state index contributed by atoms with van der Waals surface area (Å²) in [4.78, 5) is 11.8. The summed E-state index contributed by atoms with van der Waals surface area (Å²) in [7, 11) is 1.58. The Hall–Kier alpha value is -2.21. The maximum Gasteiger partial charge on any atom is 0.262 e. The van der Waals surface area contributed by atoms with Gasteiger partial charge in [-0.05, 0) is 58.4 Å². The zero-order valence-electron chi connectivity index (χ0n) is 11.4. The lowest BCUT2D eigenvalue weighted by Crippen LogP contribution is -2.20. The van der Waals surface area contributed by atoms with Crippen molar-refractivity contribution in [3.05, 3.63) is 46.9 Å². The van der Waals surface area contributed by atoms with Gasteiger partial charge in [0.1, 0.15) is 11.5 Å². The first-order chi connectivity index (χ1) is 10.1. The molecule has 0 fully saturated rings. The van der Waals surface area contributed by atoms with Crippen LogP contribution in [0.25, 0.3) is 0 Å². The van der Waals surface area contributed by atoms with Gasteiger partial charge in [0, 0.05) is 11.4 Å². The van der Waals surface area contributed by atoms with Crippen LogP contribution in [0.15, 0.2) is 46.9 Å². The zero-order valence-corrected chi connectivity index (χ0v) is 13.0. The van der Waals surface area contributed by atoms with E-state index in [4.69, 9.17) is 15.2 Å². The Morgan fingerprint density at radius 1 is 1.24 bits per heavy atom. The van der Waals surface area contributed by atoms with E-state index in [1.165, 1.54) is 0 Å². The van der Waals surface area contributed by atoms with Gasteiger partial charge in [0.2, 0.25) is 0 Å². The molecule has 0 saturated carbocycles. The standard InChI is InChI=1S/C15H15BrN2O3/c1-20-14-7-4-11(8-13(14)16)18-15(19)9-21-12-5-2-10(17)3-6-12/h2-8H,9,17H2,1H3,(H,18,19). The smallest absolute Gasteiger partial charge is 0.262 e. The van der Waals surface area contributed by atoms with Crippen LogP contribution in [0.4, 0.5) is 11.4 Å². The van der Waals surface area contributed by atoms with Gasteiger partial charge in [0.15, 0.2) is 6.61 Å². The number of carbonyl (C=O) groups excluding carboxylic acids is 1. The Labute approximate surface area is 131 Å². The molecule has 5 nitrogen and oxygen atoms in total. The highest BCUT2D eigenvalue weighted by Gasteiger charge is 2.06. The third-order valence-electron chi connectivity index (χ3n) is 2.69. The molecule has 0 heterocycles. The molecule has 110 valence electrons. The molecular weight excluding hydrogens is 336 g/mol. The summed E-state index contributed by atoms with van der Waals surface area (Å²) in [6.07, 6.45) is 0. The fourth-order valence-corrected chi connectivity index (χ4v) is 2.19. The molecule has 6 heteroatoms. The molecule has 0 spiro atoms. The van der Waals surface area contributed by atoms with E-state index in [-0.39, 0.29) is 12.5 Å². The van der Waals surface area contributed by atoms with Crippen molar-refractivity contribution in [1.29, 1.82) is 0 Å². The number of anilines is 2. The van der Waals surface area contributed by atoms with Gasteiger partial charge >= 0.3 is 0 Å². The molecule has 0 radical (unpaired) electrons. The molecule has 3 N–H and O–H groups in total. The molecular formula is C15H15BrN2O3. The minimum atomic E-state index is -0.246. The molecule has 0 aliphatic heterocycles. The van der Waals surface area contributed by atoms with E-state index < -0.39 is 0 Å². The fourth-order valence-electron chi connectivity index (χ4n) is 1.65. The van der Waals surface area contributed by atoms with Crippen LogP contribution in [0.1, 0.15) is 0 Å². The Bertz CT molecular complexity index is 629. The van der Waals surface area contributed by atoms with Crippen molar-refractivity contribution in [2.75, 3.05) is 24.8 Å². The van der Waals surface area contributed by atoms with Gasteiger partial charge in [-0.1, -0.05) is 0 Å². The molecule has 2 aromatic carbocycles. The Morgan fingerprint density at radius 2 is 1.95 bits per heavy atom. The summed E-state index contributed by atoms with van der Waals surface area (Å²) in [5, 5.41) is 2.74. The second-order valence-corrected chi connectivity index (χ2v) is 5.11. The number of methoxy groups -OCH3 is 1. The maximum absolute atomic E-state index is 11.8. The van der Waals surface area contributed by atoms with Crippen molar-refractivity contribution in [3.63, 3.8) is 0 Å². The Morgan fingerprint density at radius 3 is 2.57 bits per heavy atom. The fraction of sp³-hybridized carbons (Fsp3) is 0.133. The number of nitrogen functional groups attached to an aromatic ring is 1. The Kier molecular flexibility index (Phi) is 5.05. The van der Waals surface area contributed by atoms with Gasteiger partial charge < -0.3 is 20.5 Å². The molecule has 21 heavy (non-hydrogen) atoms. The molecule has 0 aromatic heterocycles. The van der Waals surface area contributed by atoms with E-state index in [1.807, 2.05) is 0 Å². The average Bonchev–Trinajstić information content (AvgIpc) is 2.47. The molecule has 0 bridgehead atoms. The minimum Gasteiger partial charge on any atom is -0.496 e. The molecule has 0 aliphatic carbocycles. The second-order valence-electron chi connectivity index (χ2n) is 4.26. The van der Waals surface area contributed by atoms with Crippen LogP contribution in [-0.2, 0) is 4.79 Å². The molecule has 1 amide bonds. The van der Waals surface area contributed by atoms with Crippen LogP contribution in [0, 0.1) is 0 Å². The topological polar surface area (TPSA) is 73.6 Å². The summed E-state index contributed by atoms with van der Waals surface area (Å²) in [5.41, 5.74) is 6.88. The first-order valence-corrected chi connectivity index (χ1v) is 6.99. The lowest BCUT2D eigenvalue weighted by atomic mass is 10.3. The zero-order chi connectivity index (χ0) is 15.2. The predicted molar refractivity (Wildman–Crippen MR) is 85.7 cm³/mol. The summed E-state index contributed by atoms with van der Waals surface area (Å²) in [6, 6.07) is 12.1. The van der Waals surface area contributed by atoms with E-state index in [1.54, 1.807) is 49.6 Å². The van der Waals surface area contributed by atoms with Gasteiger partial charge in [0.25, 0.3) is 5.91 Å². The van der Waals surface area contributed by atoms with Crippen molar-refractivity contribution >= 4 is 33.2 Å². The first-order valence-electron chi connectivity index (χ1n) is 6.20. The number of benzene rings is 2. The number of hydrogen-bond acceptors (Lipinski definition) is 4. The maximum atomic E-state index is 11.8. The van der Waals surface area contributed by atoms with Gasteiger partial charge in [-0.3, -0.25) is 4.79 Å². The minimum absolute atomic E-state index is 0.0758. The largest absolute Gasteiger partial charge is 0.496 e. The normalized spacial score (nSPS) is 10.0. The van der Waals surface area contributed by atoms with Crippen LogP contribution in [0.3, 0.4) is 0 Å². The number of rotatable bonds is 5. The SMILES string of the molecule is COc1ccc(NC(=O)COc2ccc(N)cc2)cc1Br. The highest BCUT2D eigenvalue weighted by Crippen LogP contribution is 2.27. The average molecular weight is 351 g/mol. The van der Waals surface area contributed by atoms with Crippen molar-refractivity contribution < 1.29 is 14.3 Å². The van der Waals surface area contributed by atoms with Crippen molar-refractivity contribution in [2.45, 2.75) is 0 Å². The van der Waals surface area contributed by atoms with Gasteiger partial charge in [-0.15, -0.1) is 0 Å². The lowest BCUT2D eigenvalue weighted by Gasteiger charge is -2.09. The summed E-state index contributed by atoms with van der Waals surface area (Å²) < 4.78 is 11.3. The van der Waals surface area contributed by atoms with Crippen LogP contribution in [0.2, 0.25) is 0 Å². The van der Waals surface area contributed by atoms with Gasteiger partial charge in [-0.2, -0.15) is 0 Å². The van der Waals surface area contributed by atoms with Crippen LogP contribution in [0.5, 0.6) is 11.5 Å². The van der Waals surface area contributed by atoms with E-state index in [0.717, 1.165) is 4.47 Å². The number of amides is 1. The number of ether oxygens (including phenoxy) is 2. The lowest BCUT2D eigenvalue weighted by molar-refractivity contribution is -0.118. The van der Waals surface area contributed by atoms with E-state index in [0.29, 0.717) is 22.9 Å². The van der Waals surface area contributed by atoms with Crippen molar-refractivity contribution in [2.24, 2.45) is 0 Å². The van der Waals surface area contributed by atoms with Crippen LogP contribution in [-0.4, -0.2) is 19.6 Å². The number of hydrogen-bond donors (Lipinski definition) is 2. The van der Waals surface area contributed by atoms with E-state index >= 15 is 0 Å². The highest BCUT2D eigenvalue weighted by molar-refractivity contribution is 9.10. The van der Waals surface area contributed by atoms with Gasteiger partial charge in [-0.25, -0.2) is 0 Å². The van der Waals surface area contributed by atoms with E-state index in [9.17, 15) is 4.79 Å². The first kappa shape index (κ1) is 15.2. The second kappa shape index (κ2) is 6.99. The molecule has 0 atom stereocenters. The summed E-state index contributed by atoms with van der Waals surface area (Å²) in [6.45, 7) is -0.0758. The molecule has 2 aromatic rings. The van der Waals surface area contributed by atoms with Crippen LogP contribution < -0.4 is 20.5 Å². The number of carbonyl (C=O) groups is 1. The molecule has 0 unspecified atom stereocenters. The molecule has 0 saturated heterocycles. The monoisotopic (exact) mass is 350 g/mol. The van der Waals surface area contributed by atoms with E-state index in [2.05, 4.69) is 21.2 Å². The number of nitrogens with two attached hydrogens (primary N) is 1. The third-order valence-corrected chi connectivity index (χ3v) is 3.31. The molecule has 2 rings (SSSR count). The van der Waals surface area contributed by atoms with Crippen LogP contribution >= 0.6 is 15.9 Å². The predicted octanol–water partition coefficient (Wildman–Crippen LogP) is 3.06. The number of nitrogens with one attached hydrogen (secondary N) is 1. The Balaban J connectivity index is 1.89. The highest BCUT2D eigenvalue weighted by atomic mass is 79.9. The van der Waals surface area contributed by atoms with Crippen molar-refractivity contribution in [3.8, 4) is 11.5 Å². The van der Waals surface area contributed by atoms with Gasteiger partial charge in [0.05, 0.1) is 11.6 Å². The molecule has 0 aliphatic rings. The summed E-state index contributed by atoms with van der Waals surface area (Å²) >= 11 is 3.36.